The van der Waals surface area contributed by atoms with Crippen molar-refractivity contribution in [1.82, 2.24) is 10.2 Å². The van der Waals surface area contributed by atoms with Crippen LogP contribution < -0.4 is 14.4 Å². The first-order valence-corrected chi connectivity index (χ1v) is 15.2. The second kappa shape index (κ2) is 14.8. The average Bonchev–Trinajstić information content (AvgIpc) is 2.97. The highest BCUT2D eigenvalue weighted by atomic mass is 35.5. The summed E-state index contributed by atoms with van der Waals surface area (Å²) in [5.74, 6) is -1.06. The standard InChI is InChI=1S/C30H35ClFN3O5S/c1-4-6-19-33-30(37)28(5-2)34(20-22-9-7-8-10-27(22)31)29(36)21-35(24-13-11-23(32)12-14-24)41(38,39)26-17-15-25(40-3)16-18-26/h7-18,28H,4-6,19-21H2,1-3H3,(H,33,37)/t28-/m0/s1. The molecule has 0 fully saturated rings. The van der Waals surface area contributed by atoms with Crippen LogP contribution in [0.15, 0.2) is 77.7 Å². The van der Waals surface area contributed by atoms with Gasteiger partial charge in [-0.3, -0.25) is 13.9 Å². The van der Waals surface area contributed by atoms with Crippen LogP contribution in [0.1, 0.15) is 38.7 Å². The lowest BCUT2D eigenvalue weighted by atomic mass is 10.1. The first-order chi connectivity index (χ1) is 19.6. The van der Waals surface area contributed by atoms with Crippen molar-refractivity contribution < 1.29 is 27.1 Å². The Morgan fingerprint density at radius 2 is 1.66 bits per heavy atom. The Labute approximate surface area is 246 Å². The van der Waals surface area contributed by atoms with Gasteiger partial charge in [0.1, 0.15) is 24.2 Å². The number of halogens is 2. The van der Waals surface area contributed by atoms with E-state index in [0.29, 0.717) is 22.9 Å². The number of anilines is 1. The Morgan fingerprint density at radius 3 is 2.24 bits per heavy atom. The Hall–Kier alpha value is -3.63. The normalized spacial score (nSPS) is 11.9. The van der Waals surface area contributed by atoms with Crippen molar-refractivity contribution in [3.05, 3.63) is 89.2 Å². The number of nitrogens with one attached hydrogen (secondary N) is 1. The molecule has 3 aromatic rings. The van der Waals surface area contributed by atoms with Gasteiger partial charge in [-0.05, 0) is 73.0 Å². The summed E-state index contributed by atoms with van der Waals surface area (Å²) in [5, 5.41) is 3.29. The number of hydrogen-bond donors (Lipinski definition) is 1. The van der Waals surface area contributed by atoms with Gasteiger partial charge in [-0.2, -0.15) is 0 Å². The molecule has 0 spiro atoms. The van der Waals surface area contributed by atoms with E-state index in [4.69, 9.17) is 16.3 Å². The molecule has 1 atom stereocenters. The van der Waals surface area contributed by atoms with Gasteiger partial charge in [0, 0.05) is 18.1 Å². The van der Waals surface area contributed by atoms with E-state index < -0.39 is 34.3 Å². The number of hydrogen-bond acceptors (Lipinski definition) is 5. The molecule has 0 unspecified atom stereocenters. The van der Waals surface area contributed by atoms with Crippen molar-refractivity contribution in [2.75, 3.05) is 24.5 Å². The molecule has 1 N–H and O–H groups in total. The molecule has 41 heavy (non-hydrogen) atoms. The minimum atomic E-state index is -4.29. The lowest BCUT2D eigenvalue weighted by Gasteiger charge is -2.33. The Kier molecular flexibility index (Phi) is 11.5. The fourth-order valence-corrected chi connectivity index (χ4v) is 5.86. The summed E-state index contributed by atoms with van der Waals surface area (Å²) >= 11 is 6.41. The summed E-state index contributed by atoms with van der Waals surface area (Å²) in [7, 11) is -2.83. The Bertz CT molecular complexity index is 1420. The molecule has 220 valence electrons. The topological polar surface area (TPSA) is 96.0 Å². The van der Waals surface area contributed by atoms with Gasteiger partial charge in [0.05, 0.1) is 17.7 Å². The zero-order valence-electron chi connectivity index (χ0n) is 23.3. The van der Waals surface area contributed by atoms with Crippen molar-refractivity contribution in [1.29, 1.82) is 0 Å². The molecule has 3 rings (SSSR count). The molecule has 11 heteroatoms. The average molecular weight is 604 g/mol. The van der Waals surface area contributed by atoms with E-state index in [0.717, 1.165) is 29.3 Å². The fourth-order valence-electron chi connectivity index (χ4n) is 4.25. The van der Waals surface area contributed by atoms with Crippen LogP contribution >= 0.6 is 11.6 Å². The predicted molar refractivity (Wildman–Crippen MR) is 158 cm³/mol. The third-order valence-corrected chi connectivity index (χ3v) is 8.71. The van der Waals surface area contributed by atoms with E-state index >= 15 is 0 Å². The summed E-state index contributed by atoms with van der Waals surface area (Å²) in [6.07, 6.45) is 1.95. The van der Waals surface area contributed by atoms with E-state index in [1.807, 2.05) is 6.92 Å². The predicted octanol–water partition coefficient (Wildman–Crippen LogP) is 5.41. The van der Waals surface area contributed by atoms with Crippen molar-refractivity contribution in [2.24, 2.45) is 0 Å². The minimum absolute atomic E-state index is 0.0158. The van der Waals surface area contributed by atoms with Gasteiger partial charge in [-0.15, -0.1) is 0 Å². The van der Waals surface area contributed by atoms with E-state index in [9.17, 15) is 22.4 Å². The molecule has 2 amide bonds. The van der Waals surface area contributed by atoms with Crippen LogP contribution in [0.4, 0.5) is 10.1 Å². The minimum Gasteiger partial charge on any atom is -0.497 e. The maximum atomic E-state index is 14.0. The summed E-state index contributed by atoms with van der Waals surface area (Å²) in [6, 6.07) is 16.6. The van der Waals surface area contributed by atoms with Gasteiger partial charge in [-0.25, -0.2) is 12.8 Å². The zero-order valence-corrected chi connectivity index (χ0v) is 24.9. The number of carbonyl (C=O) groups excluding carboxylic acids is 2. The molecule has 0 radical (unpaired) electrons. The molecular formula is C30H35ClFN3O5S. The van der Waals surface area contributed by atoms with Gasteiger partial charge in [-0.1, -0.05) is 50.1 Å². The van der Waals surface area contributed by atoms with Gasteiger partial charge in [0.25, 0.3) is 10.0 Å². The van der Waals surface area contributed by atoms with Gasteiger partial charge in [0.15, 0.2) is 0 Å². The molecule has 8 nitrogen and oxygen atoms in total. The Morgan fingerprint density at radius 1 is 1.00 bits per heavy atom. The van der Waals surface area contributed by atoms with Crippen LogP contribution in [-0.4, -0.2) is 51.4 Å². The molecule has 3 aromatic carbocycles. The van der Waals surface area contributed by atoms with Crippen LogP contribution in [-0.2, 0) is 26.2 Å². The molecule has 0 saturated heterocycles. The van der Waals surface area contributed by atoms with Crippen LogP contribution in [0, 0.1) is 5.82 Å². The molecular weight excluding hydrogens is 569 g/mol. The number of methoxy groups -OCH3 is 1. The highest BCUT2D eigenvalue weighted by Gasteiger charge is 2.34. The van der Waals surface area contributed by atoms with Crippen LogP contribution in [0.2, 0.25) is 5.02 Å². The van der Waals surface area contributed by atoms with E-state index in [1.165, 1.54) is 48.4 Å². The van der Waals surface area contributed by atoms with E-state index in [1.54, 1.807) is 31.2 Å². The van der Waals surface area contributed by atoms with Crippen molar-refractivity contribution in [3.63, 3.8) is 0 Å². The monoisotopic (exact) mass is 603 g/mol. The maximum Gasteiger partial charge on any atom is 0.264 e. The van der Waals surface area contributed by atoms with Crippen LogP contribution in [0.5, 0.6) is 5.75 Å². The second-order valence-corrected chi connectivity index (χ2v) is 11.6. The quantitative estimate of drug-likeness (QED) is 0.249. The van der Waals surface area contributed by atoms with Gasteiger partial charge in [0.2, 0.25) is 11.8 Å². The Balaban J connectivity index is 2.04. The van der Waals surface area contributed by atoms with Crippen molar-refractivity contribution in [3.8, 4) is 5.75 Å². The largest absolute Gasteiger partial charge is 0.497 e. The van der Waals surface area contributed by atoms with Crippen LogP contribution in [0.25, 0.3) is 0 Å². The number of unbranched alkanes of at least 4 members (excludes halogenated alkanes) is 1. The van der Waals surface area contributed by atoms with Crippen LogP contribution in [0.3, 0.4) is 0 Å². The molecule has 0 heterocycles. The molecule has 0 bridgehead atoms. The highest BCUT2D eigenvalue weighted by Crippen LogP contribution is 2.27. The molecule has 0 aromatic heterocycles. The van der Waals surface area contributed by atoms with Crippen molar-refractivity contribution in [2.45, 2.75) is 50.6 Å². The zero-order chi connectivity index (χ0) is 30.0. The first-order valence-electron chi connectivity index (χ1n) is 13.3. The molecule has 0 aliphatic rings. The maximum absolute atomic E-state index is 14.0. The van der Waals surface area contributed by atoms with Gasteiger partial charge >= 0.3 is 0 Å². The van der Waals surface area contributed by atoms with Gasteiger partial charge < -0.3 is 15.0 Å². The highest BCUT2D eigenvalue weighted by molar-refractivity contribution is 7.92. The summed E-state index contributed by atoms with van der Waals surface area (Å²) in [6.45, 7) is 3.58. The molecule has 0 aliphatic heterocycles. The smallest absolute Gasteiger partial charge is 0.264 e. The number of benzene rings is 3. The number of rotatable bonds is 14. The molecule has 0 aliphatic carbocycles. The second-order valence-electron chi connectivity index (χ2n) is 9.35. The van der Waals surface area contributed by atoms with E-state index in [-0.39, 0.29) is 29.5 Å². The SMILES string of the molecule is CCCCNC(=O)[C@H](CC)N(Cc1ccccc1Cl)C(=O)CN(c1ccc(F)cc1)S(=O)(=O)c1ccc(OC)cc1. The van der Waals surface area contributed by atoms with E-state index in [2.05, 4.69) is 5.32 Å². The lowest BCUT2D eigenvalue weighted by Crippen LogP contribution is -2.52. The molecule has 0 saturated carbocycles. The summed E-state index contributed by atoms with van der Waals surface area (Å²) < 4.78 is 47.5. The number of sulfonamides is 1. The number of amides is 2. The lowest BCUT2D eigenvalue weighted by molar-refractivity contribution is -0.140. The fraction of sp³-hybridized carbons (Fsp3) is 0.333. The number of carbonyl (C=O) groups is 2. The summed E-state index contributed by atoms with van der Waals surface area (Å²) in [5.41, 5.74) is 0.697. The third-order valence-electron chi connectivity index (χ3n) is 6.55. The number of ether oxygens (including phenoxy) is 1. The number of nitrogens with zero attached hydrogens (tertiary/aromatic N) is 2. The van der Waals surface area contributed by atoms with Crippen molar-refractivity contribution >= 4 is 39.1 Å². The third kappa shape index (κ3) is 8.20. The summed E-state index contributed by atoms with van der Waals surface area (Å²) in [4.78, 5) is 28.5. The first kappa shape index (κ1) is 31.9.